The number of nitrogens with zero attached hydrogens (tertiary/aromatic N) is 12. The van der Waals surface area contributed by atoms with E-state index in [1.54, 1.807) is 55.5 Å². The molecule has 133 heavy (non-hydrogen) atoms. The zero-order valence-electron chi connectivity index (χ0n) is 74.7. The Morgan fingerprint density at radius 1 is 0.211 bits per heavy atom. The molecule has 0 aliphatic heterocycles. The predicted octanol–water partition coefficient (Wildman–Crippen LogP) is 27.1. The maximum atomic E-state index is 7.47. The third-order valence-corrected chi connectivity index (χ3v) is 20.2. The second-order valence-electron chi connectivity index (χ2n) is 29.1. The number of aromatic nitrogens is 12. The van der Waals surface area contributed by atoms with Crippen molar-refractivity contribution >= 4 is 88.3 Å². The summed E-state index contributed by atoms with van der Waals surface area (Å²) in [6.45, 7) is 5.72. The molecule has 16 heterocycles. The van der Waals surface area contributed by atoms with Crippen LogP contribution in [0.1, 0.15) is 32.3 Å². The number of furan rings is 4. The van der Waals surface area contributed by atoms with Crippen LogP contribution in [-0.4, -0.2) is 59.8 Å². The van der Waals surface area contributed by atoms with E-state index in [2.05, 4.69) is 120 Å². The molecule has 0 N–H and O–H groups in total. The smallest absolute Gasteiger partial charge is 0.216 e. The van der Waals surface area contributed by atoms with Crippen LogP contribution in [0, 0.1) is 83.1 Å². The van der Waals surface area contributed by atoms with Crippen LogP contribution >= 0.6 is 0 Å². The summed E-state index contributed by atoms with van der Waals surface area (Å²) in [5.74, 6) is 0. The summed E-state index contributed by atoms with van der Waals surface area (Å²) in [6.07, 6.45) is 16.1. The monoisotopic (exact) mass is 2440 g/mol. The van der Waals surface area contributed by atoms with Crippen molar-refractivity contribution < 1.29 is 102 Å². The van der Waals surface area contributed by atoms with E-state index in [0.29, 0.717) is 28.4 Å². The van der Waals surface area contributed by atoms with Gasteiger partial charge in [-0.05, 0) is 176 Å². The second kappa shape index (κ2) is 47.3. The first-order valence-corrected chi connectivity index (χ1v) is 41.3. The van der Waals surface area contributed by atoms with Crippen LogP contribution < -0.4 is 0 Å². The molecule has 658 valence electrons. The SMILES string of the molecule is Cc1ccc(-c2[c-]cccc2)nc1.Cc1ccc(-c2[c-]cccc2)nc1.Cc1ccc2c(n1)oc1c(-c3ccccn3)[c-]ccc12.Cc1ccc2c(n1)oc1c(-c3ccccn3)[c-]ccc12.[2H]C([2H])([2H])c1ccc2c(n1)oc1c(-c3ccccn3)[c-]ccc12.[Ir].[Ir].[Ir].[Ir].[c-]1ccc2c(oc3ncccc32)c1-c1ccccn1.[c-]1ccccc1-c1ccccn1.[c-]1ccccc1-c1ccccn1. The Hall–Kier alpha value is -14.6. The molecule has 20 heteroatoms. The fourth-order valence-corrected chi connectivity index (χ4v) is 13.9. The molecule has 4 radical (unpaired) electrons. The van der Waals surface area contributed by atoms with Gasteiger partial charge in [0.05, 0.1) is 22.3 Å². The molecular formula is C113H78Ir4N12O4-8. The molecule has 0 atom stereocenters. The van der Waals surface area contributed by atoms with E-state index in [1.807, 2.05) is 337 Å². The number of rotatable bonds is 8. The molecule has 0 unspecified atom stereocenters. The molecule has 8 aromatic carbocycles. The van der Waals surface area contributed by atoms with Gasteiger partial charge < -0.3 is 57.5 Å². The van der Waals surface area contributed by atoms with Crippen LogP contribution in [0.4, 0.5) is 0 Å². The maximum absolute atomic E-state index is 7.47. The van der Waals surface area contributed by atoms with Crippen LogP contribution in [0.2, 0.25) is 0 Å². The number of hydrogen-bond acceptors (Lipinski definition) is 16. The van der Waals surface area contributed by atoms with Crippen LogP contribution in [0.5, 0.6) is 0 Å². The Bertz CT molecular complexity index is 7510. The number of fused-ring (bicyclic) bond motifs is 12. The van der Waals surface area contributed by atoms with Gasteiger partial charge in [-0.25, -0.2) is 19.9 Å². The summed E-state index contributed by atoms with van der Waals surface area (Å²) < 4.78 is 46.0. The van der Waals surface area contributed by atoms with E-state index in [9.17, 15) is 0 Å². The third kappa shape index (κ3) is 23.9. The Morgan fingerprint density at radius 2 is 0.481 bits per heavy atom. The topological polar surface area (TPSA) is 207 Å². The van der Waals surface area contributed by atoms with Gasteiger partial charge in [0, 0.05) is 179 Å². The van der Waals surface area contributed by atoms with Gasteiger partial charge in [-0.2, -0.15) is 0 Å². The minimum absolute atomic E-state index is 0. The second-order valence-corrected chi connectivity index (χ2v) is 29.1. The average molecular weight is 2440 g/mol. The number of hydrogen-bond donors (Lipinski definition) is 0. The molecule has 0 bridgehead atoms. The molecule has 0 saturated carbocycles. The first kappa shape index (κ1) is 91.7. The van der Waals surface area contributed by atoms with Crippen molar-refractivity contribution in [2.75, 3.05) is 0 Å². The molecule has 24 aromatic rings. The van der Waals surface area contributed by atoms with Crippen molar-refractivity contribution in [3.63, 3.8) is 0 Å². The molecular weight excluding hydrogens is 2360 g/mol. The Kier molecular flexibility index (Phi) is 32.6. The normalized spacial score (nSPS) is 10.8. The number of benzene rings is 8. The predicted molar refractivity (Wildman–Crippen MR) is 512 cm³/mol. The quantitative estimate of drug-likeness (QED) is 0.130. The van der Waals surface area contributed by atoms with Crippen molar-refractivity contribution in [3.8, 4) is 90.1 Å². The molecule has 0 spiro atoms. The van der Waals surface area contributed by atoms with Gasteiger partial charge in [0.1, 0.15) is 0 Å². The Labute approximate surface area is 828 Å². The van der Waals surface area contributed by atoms with E-state index in [-0.39, 0.29) is 86.1 Å². The molecule has 16 aromatic heterocycles. The van der Waals surface area contributed by atoms with Crippen LogP contribution in [0.25, 0.3) is 178 Å². The van der Waals surface area contributed by atoms with Gasteiger partial charge in [0.15, 0.2) is 0 Å². The third-order valence-electron chi connectivity index (χ3n) is 20.2. The standard InChI is InChI=1S/3C17H11N2O.C16H9N2O.2C12H10N.2C11H8N.4Ir/c3*1-11-8-9-13-12-5-4-6-14(15-7-2-3-10-18-15)16(12)20-17(13)19-11;1-2-9-17-14(8-1)13-6-3-5-11-12-7-4-10-18-16(12)19-15(11)13;2*1-10-7-8-12(13-9-10)11-5-3-2-4-6-11;2*1-2-6-10(7-3-1)11-8-4-5-9-12-11;;;;/h3*2-5,7-10H,1H3;1-5,7-10H;2*2-5,7-9H,1H3;2*1-6,8-9H;;;;/q8*-1;;;;/i1D3;;;;;;;;;;;. The fourth-order valence-electron chi connectivity index (χ4n) is 13.9. The molecule has 0 amide bonds. The number of pyridine rings is 12. The molecule has 0 saturated heterocycles. The molecule has 24 rings (SSSR count). The van der Waals surface area contributed by atoms with E-state index < -0.39 is 6.85 Å². The van der Waals surface area contributed by atoms with Gasteiger partial charge in [0.2, 0.25) is 22.9 Å². The number of aryl methyl sites for hydroxylation is 5. The first-order chi connectivity index (χ1) is 64.8. The molecule has 0 aliphatic carbocycles. The van der Waals surface area contributed by atoms with Crippen molar-refractivity contribution in [3.05, 3.63) is 460 Å². The van der Waals surface area contributed by atoms with Gasteiger partial charge in [-0.1, -0.05) is 141 Å². The first-order valence-electron chi connectivity index (χ1n) is 42.8. The minimum Gasteiger partial charge on any atom is -0.486 e. The van der Waals surface area contributed by atoms with Crippen LogP contribution in [0.3, 0.4) is 0 Å². The molecule has 0 aliphatic rings. The van der Waals surface area contributed by atoms with E-state index >= 15 is 0 Å². The van der Waals surface area contributed by atoms with Crippen molar-refractivity contribution in [2.45, 2.75) is 34.5 Å². The van der Waals surface area contributed by atoms with Gasteiger partial charge in [-0.15, -0.1) is 216 Å². The molecule has 16 nitrogen and oxygen atoms in total. The minimum atomic E-state index is -2.26. The zero-order chi connectivity index (χ0) is 90.4. The average Bonchev–Trinajstić information content (AvgIpc) is 1.62. The van der Waals surface area contributed by atoms with Crippen molar-refractivity contribution in [1.82, 2.24) is 59.8 Å². The Morgan fingerprint density at radius 3 is 0.759 bits per heavy atom. The van der Waals surface area contributed by atoms with Gasteiger partial charge >= 0.3 is 0 Å². The largest absolute Gasteiger partial charge is 0.486 e. The fraction of sp³-hybridized carbons (Fsp3) is 0.0442. The summed E-state index contributed by atoms with van der Waals surface area (Å²) in [6, 6.07) is 130. The van der Waals surface area contributed by atoms with Gasteiger partial charge in [-0.3, -0.25) is 0 Å². The van der Waals surface area contributed by atoms with Crippen molar-refractivity contribution in [2.24, 2.45) is 0 Å². The Balaban J connectivity index is 0.000000132. The van der Waals surface area contributed by atoms with E-state index in [1.165, 1.54) is 17.2 Å². The summed E-state index contributed by atoms with van der Waals surface area (Å²) in [5, 5.41) is 7.85. The van der Waals surface area contributed by atoms with Crippen LogP contribution in [-0.2, 0) is 80.4 Å². The molecule has 0 fully saturated rings. The summed E-state index contributed by atoms with van der Waals surface area (Å²) in [5.41, 5.74) is 24.3. The summed E-state index contributed by atoms with van der Waals surface area (Å²) >= 11 is 0. The maximum Gasteiger partial charge on any atom is 0.216 e. The van der Waals surface area contributed by atoms with Gasteiger partial charge in [0.25, 0.3) is 0 Å². The zero-order valence-corrected chi connectivity index (χ0v) is 81.3. The van der Waals surface area contributed by atoms with E-state index in [4.69, 9.17) is 21.8 Å². The van der Waals surface area contributed by atoms with Crippen molar-refractivity contribution in [1.29, 1.82) is 0 Å². The summed E-state index contributed by atoms with van der Waals surface area (Å²) in [7, 11) is 0. The van der Waals surface area contributed by atoms with E-state index in [0.717, 1.165) is 161 Å². The summed E-state index contributed by atoms with van der Waals surface area (Å²) in [4.78, 5) is 51.8. The van der Waals surface area contributed by atoms with Crippen LogP contribution in [0.15, 0.2) is 401 Å².